The van der Waals surface area contributed by atoms with Crippen molar-refractivity contribution >= 4 is 35.8 Å². The molecule has 1 rings (SSSR count). The van der Waals surface area contributed by atoms with Gasteiger partial charge in [0.05, 0.1) is 18.8 Å². The Kier molecular flexibility index (Phi) is 9.79. The Morgan fingerprint density at radius 1 is 1.50 bits per heavy atom. The summed E-state index contributed by atoms with van der Waals surface area (Å²) in [5.74, 6) is 0.648. The molecular weight excluding hydrogens is 395 g/mol. The first-order valence-electron chi connectivity index (χ1n) is 7.16. The number of aliphatic imine (C=N–C) groups is 1. The zero-order valence-corrected chi connectivity index (χ0v) is 16.3. The van der Waals surface area contributed by atoms with Crippen molar-refractivity contribution in [1.82, 2.24) is 25.3 Å². The Morgan fingerprint density at radius 3 is 2.68 bits per heavy atom. The minimum atomic E-state index is 0. The van der Waals surface area contributed by atoms with E-state index in [1.54, 1.807) is 29.9 Å². The van der Waals surface area contributed by atoms with Gasteiger partial charge in [-0.1, -0.05) is 6.92 Å². The molecule has 0 bridgehead atoms. The van der Waals surface area contributed by atoms with Crippen molar-refractivity contribution in [2.75, 3.05) is 20.6 Å². The molecule has 0 fully saturated rings. The Balaban J connectivity index is 0.00000441. The lowest BCUT2D eigenvalue weighted by Crippen LogP contribution is -2.45. The molecule has 0 aliphatic carbocycles. The van der Waals surface area contributed by atoms with Gasteiger partial charge in [0.25, 0.3) is 0 Å². The fourth-order valence-corrected chi connectivity index (χ4v) is 1.52. The summed E-state index contributed by atoms with van der Waals surface area (Å²) in [5, 5.41) is 10.5. The van der Waals surface area contributed by atoms with Crippen LogP contribution in [-0.4, -0.2) is 53.2 Å². The summed E-state index contributed by atoms with van der Waals surface area (Å²) in [5.41, 5.74) is 1.01. The Hall–Kier alpha value is -1.32. The van der Waals surface area contributed by atoms with Gasteiger partial charge in [0.2, 0.25) is 5.91 Å². The number of likely N-dealkylation sites (N-methyl/N-ethyl adjacent to an activating group) is 1. The van der Waals surface area contributed by atoms with Gasteiger partial charge in [-0.25, -0.2) is 4.99 Å². The van der Waals surface area contributed by atoms with Crippen LogP contribution in [0.4, 0.5) is 0 Å². The number of nitrogens with one attached hydrogen (secondary N) is 2. The molecule has 22 heavy (non-hydrogen) atoms. The fraction of sp³-hybridized carbons (Fsp3) is 0.643. The number of halogens is 1. The SMILES string of the molecule is CCC(C)NC(=NCc1ccnn1C)NCC(=O)N(C)C.I. The van der Waals surface area contributed by atoms with Crippen molar-refractivity contribution in [2.45, 2.75) is 32.9 Å². The largest absolute Gasteiger partial charge is 0.354 e. The third-order valence-corrected chi connectivity index (χ3v) is 3.22. The Labute approximate surface area is 149 Å². The molecule has 0 aromatic carbocycles. The van der Waals surface area contributed by atoms with E-state index in [2.05, 4.69) is 34.6 Å². The second-order valence-corrected chi connectivity index (χ2v) is 5.21. The maximum atomic E-state index is 11.7. The minimum absolute atomic E-state index is 0. The number of aromatic nitrogens is 2. The maximum Gasteiger partial charge on any atom is 0.241 e. The molecule has 1 unspecified atom stereocenters. The van der Waals surface area contributed by atoms with Crippen LogP contribution in [-0.2, 0) is 18.4 Å². The van der Waals surface area contributed by atoms with Crippen molar-refractivity contribution < 1.29 is 4.79 Å². The zero-order valence-electron chi connectivity index (χ0n) is 14.0. The van der Waals surface area contributed by atoms with Crippen molar-refractivity contribution in [2.24, 2.45) is 12.0 Å². The summed E-state index contributed by atoms with van der Waals surface area (Å²) in [6.07, 6.45) is 2.73. The molecule has 0 saturated heterocycles. The lowest BCUT2D eigenvalue weighted by Gasteiger charge is -2.18. The van der Waals surface area contributed by atoms with Crippen LogP contribution in [0.1, 0.15) is 26.0 Å². The van der Waals surface area contributed by atoms with E-state index in [1.165, 1.54) is 0 Å². The van der Waals surface area contributed by atoms with Gasteiger partial charge in [-0.15, -0.1) is 24.0 Å². The van der Waals surface area contributed by atoms with E-state index in [1.807, 2.05) is 13.1 Å². The molecule has 0 radical (unpaired) electrons. The highest BCUT2D eigenvalue weighted by molar-refractivity contribution is 14.0. The van der Waals surface area contributed by atoms with E-state index in [4.69, 9.17) is 0 Å². The van der Waals surface area contributed by atoms with Crippen LogP contribution in [0.15, 0.2) is 17.3 Å². The van der Waals surface area contributed by atoms with E-state index < -0.39 is 0 Å². The number of hydrogen-bond donors (Lipinski definition) is 2. The Morgan fingerprint density at radius 2 is 2.18 bits per heavy atom. The van der Waals surface area contributed by atoms with Crippen molar-refractivity contribution in [3.8, 4) is 0 Å². The van der Waals surface area contributed by atoms with Gasteiger partial charge in [0.1, 0.15) is 0 Å². The number of aryl methyl sites for hydroxylation is 1. The van der Waals surface area contributed by atoms with Gasteiger partial charge in [-0.3, -0.25) is 9.48 Å². The first-order valence-corrected chi connectivity index (χ1v) is 7.16. The molecule has 8 heteroatoms. The second kappa shape index (κ2) is 10.4. The number of carbonyl (C=O) groups excluding carboxylic acids is 1. The summed E-state index contributed by atoms with van der Waals surface area (Å²) >= 11 is 0. The number of carbonyl (C=O) groups is 1. The smallest absolute Gasteiger partial charge is 0.241 e. The van der Waals surface area contributed by atoms with Crippen LogP contribution >= 0.6 is 24.0 Å². The van der Waals surface area contributed by atoms with Crippen LogP contribution in [0.2, 0.25) is 0 Å². The molecule has 2 N–H and O–H groups in total. The lowest BCUT2D eigenvalue weighted by atomic mass is 10.3. The minimum Gasteiger partial charge on any atom is -0.354 e. The molecule has 0 aliphatic heterocycles. The number of amides is 1. The molecular formula is C14H27IN6O. The number of nitrogens with zero attached hydrogens (tertiary/aromatic N) is 4. The van der Waals surface area contributed by atoms with E-state index in [0.29, 0.717) is 12.5 Å². The Bertz CT molecular complexity index is 485. The van der Waals surface area contributed by atoms with E-state index >= 15 is 0 Å². The summed E-state index contributed by atoms with van der Waals surface area (Å²) in [4.78, 5) is 17.7. The highest BCUT2D eigenvalue weighted by Gasteiger charge is 2.08. The lowest BCUT2D eigenvalue weighted by molar-refractivity contribution is -0.127. The zero-order chi connectivity index (χ0) is 15.8. The fourth-order valence-electron chi connectivity index (χ4n) is 1.52. The first-order chi connectivity index (χ1) is 9.93. The molecule has 1 aromatic rings. The van der Waals surface area contributed by atoms with Crippen LogP contribution in [0.5, 0.6) is 0 Å². The third kappa shape index (κ3) is 7.10. The average molecular weight is 422 g/mol. The van der Waals surface area contributed by atoms with Gasteiger partial charge in [-0.2, -0.15) is 5.10 Å². The van der Waals surface area contributed by atoms with E-state index in [9.17, 15) is 4.79 Å². The van der Waals surface area contributed by atoms with E-state index in [0.717, 1.165) is 12.1 Å². The van der Waals surface area contributed by atoms with Gasteiger partial charge in [0, 0.05) is 33.4 Å². The van der Waals surface area contributed by atoms with Crippen LogP contribution in [0.25, 0.3) is 0 Å². The monoisotopic (exact) mass is 422 g/mol. The predicted octanol–water partition coefficient (Wildman–Crippen LogP) is 0.960. The molecule has 1 aromatic heterocycles. The van der Waals surface area contributed by atoms with E-state index in [-0.39, 0.29) is 42.5 Å². The normalized spacial score (nSPS) is 12.3. The second-order valence-electron chi connectivity index (χ2n) is 5.21. The van der Waals surface area contributed by atoms with Crippen molar-refractivity contribution in [3.05, 3.63) is 18.0 Å². The van der Waals surface area contributed by atoms with Gasteiger partial charge < -0.3 is 15.5 Å². The summed E-state index contributed by atoms with van der Waals surface area (Å²) in [6.45, 7) is 4.91. The summed E-state index contributed by atoms with van der Waals surface area (Å²) in [6, 6.07) is 2.22. The molecule has 0 saturated carbocycles. The first kappa shape index (κ1) is 20.7. The maximum absolute atomic E-state index is 11.7. The number of hydrogen-bond acceptors (Lipinski definition) is 3. The highest BCUT2D eigenvalue weighted by Crippen LogP contribution is 1.98. The molecule has 1 atom stereocenters. The topological polar surface area (TPSA) is 74.5 Å². The molecule has 0 spiro atoms. The molecule has 126 valence electrons. The standard InChI is InChI=1S/C14H26N6O.HI/c1-6-11(2)18-14(16-10-13(21)19(3)4)15-9-12-7-8-17-20(12)5;/h7-8,11H,6,9-10H2,1-5H3,(H2,15,16,18);1H. The third-order valence-electron chi connectivity index (χ3n) is 3.22. The summed E-state index contributed by atoms with van der Waals surface area (Å²) < 4.78 is 1.79. The summed E-state index contributed by atoms with van der Waals surface area (Å²) in [7, 11) is 5.35. The number of rotatable bonds is 6. The van der Waals surface area contributed by atoms with Crippen molar-refractivity contribution in [3.63, 3.8) is 0 Å². The molecule has 0 aliphatic rings. The molecule has 1 amide bonds. The quantitative estimate of drug-likeness (QED) is 0.407. The molecule has 7 nitrogen and oxygen atoms in total. The molecule has 1 heterocycles. The van der Waals surface area contributed by atoms with Gasteiger partial charge in [-0.05, 0) is 19.4 Å². The number of guanidine groups is 1. The highest BCUT2D eigenvalue weighted by atomic mass is 127. The van der Waals surface area contributed by atoms with Gasteiger partial charge in [0.15, 0.2) is 5.96 Å². The average Bonchev–Trinajstić information content (AvgIpc) is 2.86. The predicted molar refractivity (Wildman–Crippen MR) is 99.3 cm³/mol. The van der Waals surface area contributed by atoms with Crippen LogP contribution < -0.4 is 10.6 Å². The van der Waals surface area contributed by atoms with Crippen LogP contribution in [0.3, 0.4) is 0 Å². The van der Waals surface area contributed by atoms with Crippen LogP contribution in [0, 0.1) is 0 Å². The van der Waals surface area contributed by atoms with Crippen molar-refractivity contribution in [1.29, 1.82) is 0 Å². The van der Waals surface area contributed by atoms with Gasteiger partial charge >= 0.3 is 0 Å².